The maximum atomic E-state index is 6.07. The van der Waals surface area contributed by atoms with E-state index >= 15 is 0 Å². The van der Waals surface area contributed by atoms with Crippen LogP contribution in [0.2, 0.25) is 5.02 Å². The maximum Gasteiger partial charge on any atom is 0.220 e. The van der Waals surface area contributed by atoms with Gasteiger partial charge in [-0.3, -0.25) is 0 Å². The number of hydrogen-bond donors (Lipinski definition) is 0. The van der Waals surface area contributed by atoms with E-state index in [9.17, 15) is 0 Å². The molecule has 1 aromatic carbocycles. The Morgan fingerprint density at radius 1 is 1.36 bits per heavy atom. The number of benzene rings is 1. The van der Waals surface area contributed by atoms with Gasteiger partial charge in [0.2, 0.25) is 5.88 Å². The van der Waals surface area contributed by atoms with Gasteiger partial charge >= 0.3 is 0 Å². The molecule has 1 unspecified atom stereocenters. The zero-order valence-corrected chi connectivity index (χ0v) is 13.7. The number of aryl methyl sites for hydroxylation is 2. The van der Waals surface area contributed by atoms with E-state index in [1.165, 1.54) is 15.0 Å². The van der Waals surface area contributed by atoms with Crippen LogP contribution in [0.3, 0.4) is 0 Å². The Labute approximate surface area is 137 Å². The first-order valence-electron chi connectivity index (χ1n) is 7.34. The molecular formula is C17H15ClN2OS. The first-order chi connectivity index (χ1) is 10.7. The summed E-state index contributed by atoms with van der Waals surface area (Å²) in [5.41, 5.74) is 1.12. The predicted octanol–water partition coefficient (Wildman–Crippen LogP) is 4.59. The van der Waals surface area contributed by atoms with Crippen molar-refractivity contribution in [3.8, 4) is 5.88 Å². The van der Waals surface area contributed by atoms with Crippen molar-refractivity contribution in [1.29, 1.82) is 0 Å². The molecule has 3 aromatic rings. The number of hydrogen-bond acceptors (Lipinski definition) is 4. The summed E-state index contributed by atoms with van der Waals surface area (Å²) in [5.74, 6) is 1.52. The van der Waals surface area contributed by atoms with Gasteiger partial charge in [-0.2, -0.15) is 4.98 Å². The van der Waals surface area contributed by atoms with Crippen LogP contribution in [0.4, 0.5) is 0 Å². The second-order valence-electron chi connectivity index (χ2n) is 5.63. The fourth-order valence-corrected chi connectivity index (χ4v) is 4.11. The van der Waals surface area contributed by atoms with Crippen LogP contribution in [0.5, 0.6) is 5.88 Å². The van der Waals surface area contributed by atoms with Crippen molar-refractivity contribution in [1.82, 2.24) is 9.97 Å². The first-order valence-corrected chi connectivity index (χ1v) is 8.54. The second kappa shape index (κ2) is 5.52. The summed E-state index contributed by atoms with van der Waals surface area (Å²) in [6.45, 7) is 1.89. The minimum atomic E-state index is 0.185. The Morgan fingerprint density at radius 3 is 3.18 bits per heavy atom. The molecule has 1 aliphatic rings. The molecule has 5 heteroatoms. The fourth-order valence-electron chi connectivity index (χ4n) is 2.82. The Morgan fingerprint density at radius 2 is 2.27 bits per heavy atom. The molecule has 0 saturated carbocycles. The van der Waals surface area contributed by atoms with E-state index in [0.29, 0.717) is 0 Å². The molecule has 0 spiro atoms. The van der Waals surface area contributed by atoms with Gasteiger partial charge in [0.1, 0.15) is 11.9 Å². The molecule has 3 nitrogen and oxygen atoms in total. The summed E-state index contributed by atoms with van der Waals surface area (Å²) in [6, 6.07) is 8.26. The molecule has 0 N–H and O–H groups in total. The number of rotatable bonds is 2. The number of aromatic nitrogens is 2. The van der Waals surface area contributed by atoms with Crippen LogP contribution < -0.4 is 4.74 Å². The number of thiophene rings is 1. The highest BCUT2D eigenvalue weighted by atomic mass is 35.5. The van der Waals surface area contributed by atoms with E-state index in [1.54, 1.807) is 0 Å². The number of fused-ring (bicyclic) bond motifs is 2. The lowest BCUT2D eigenvalue weighted by molar-refractivity contribution is 0.165. The second-order valence-corrected chi connectivity index (χ2v) is 7.23. The van der Waals surface area contributed by atoms with Crippen molar-refractivity contribution in [2.45, 2.75) is 32.3 Å². The molecule has 112 valence electrons. The maximum absolute atomic E-state index is 6.07. The van der Waals surface area contributed by atoms with Gasteiger partial charge in [0.25, 0.3) is 0 Å². The molecule has 3 heterocycles. The van der Waals surface area contributed by atoms with Crippen molar-refractivity contribution in [3.05, 3.63) is 51.7 Å². The lowest BCUT2D eigenvalue weighted by Crippen LogP contribution is -2.25. The van der Waals surface area contributed by atoms with E-state index in [4.69, 9.17) is 16.3 Å². The Balaban J connectivity index is 1.55. The Hall–Kier alpha value is -1.65. The average Bonchev–Trinajstić information content (AvgIpc) is 2.88. The van der Waals surface area contributed by atoms with Gasteiger partial charge in [0.15, 0.2) is 0 Å². The van der Waals surface area contributed by atoms with Crippen molar-refractivity contribution in [2.75, 3.05) is 0 Å². The zero-order valence-electron chi connectivity index (χ0n) is 12.2. The molecule has 0 bridgehead atoms. The van der Waals surface area contributed by atoms with E-state index in [-0.39, 0.29) is 6.10 Å². The van der Waals surface area contributed by atoms with Crippen LogP contribution in [0.15, 0.2) is 30.5 Å². The summed E-state index contributed by atoms with van der Waals surface area (Å²) in [7, 11) is 0. The molecule has 4 rings (SSSR count). The number of halogens is 1. The van der Waals surface area contributed by atoms with Gasteiger partial charge in [-0.25, -0.2) is 4.98 Å². The summed E-state index contributed by atoms with van der Waals surface area (Å²) in [4.78, 5) is 9.98. The minimum absolute atomic E-state index is 0.185. The van der Waals surface area contributed by atoms with Crippen LogP contribution in [0.1, 0.15) is 22.7 Å². The average molecular weight is 331 g/mol. The highest BCUT2D eigenvalue weighted by Gasteiger charge is 2.22. The van der Waals surface area contributed by atoms with Gasteiger partial charge in [-0.05, 0) is 49.4 Å². The lowest BCUT2D eigenvalue weighted by Gasteiger charge is -2.24. The monoisotopic (exact) mass is 330 g/mol. The largest absolute Gasteiger partial charge is 0.474 e. The quantitative estimate of drug-likeness (QED) is 0.689. The Kier molecular flexibility index (Phi) is 3.51. The SMILES string of the molecule is Cc1ncc2c(n1)OC(Cc1cc3cc(Cl)ccc3s1)CC2. The molecule has 0 aliphatic carbocycles. The van der Waals surface area contributed by atoms with Gasteiger partial charge in [-0.15, -0.1) is 11.3 Å². The molecule has 0 fully saturated rings. The van der Waals surface area contributed by atoms with Crippen LogP contribution >= 0.6 is 22.9 Å². The smallest absolute Gasteiger partial charge is 0.220 e. The molecule has 0 saturated heterocycles. The number of nitrogens with zero attached hydrogens (tertiary/aromatic N) is 2. The van der Waals surface area contributed by atoms with Crippen LogP contribution in [0.25, 0.3) is 10.1 Å². The van der Waals surface area contributed by atoms with Crippen molar-refractivity contribution in [3.63, 3.8) is 0 Å². The number of ether oxygens (including phenoxy) is 1. The third-order valence-corrected chi connectivity index (χ3v) is 5.29. The van der Waals surface area contributed by atoms with Crippen molar-refractivity contribution < 1.29 is 4.74 Å². The van der Waals surface area contributed by atoms with Gasteiger partial charge in [0, 0.05) is 32.8 Å². The standard InChI is InChI=1S/C17H15ClN2OS/c1-10-19-9-11-2-4-14(21-17(11)20-10)8-15-7-12-6-13(18)3-5-16(12)22-15/h3,5-7,9,14H,2,4,8H2,1H3. The van der Waals surface area contributed by atoms with Crippen LogP contribution in [0, 0.1) is 6.92 Å². The van der Waals surface area contributed by atoms with E-state index in [1.807, 2.05) is 36.6 Å². The summed E-state index contributed by atoms with van der Waals surface area (Å²) in [6.07, 6.45) is 4.98. The van der Waals surface area contributed by atoms with Gasteiger partial charge in [-0.1, -0.05) is 11.6 Å². The highest BCUT2D eigenvalue weighted by Crippen LogP contribution is 2.31. The first kappa shape index (κ1) is 14.0. The topological polar surface area (TPSA) is 35.0 Å². The van der Waals surface area contributed by atoms with Gasteiger partial charge < -0.3 is 4.74 Å². The zero-order chi connectivity index (χ0) is 15.1. The molecule has 1 atom stereocenters. The third kappa shape index (κ3) is 2.69. The predicted molar refractivity (Wildman–Crippen MR) is 90.0 cm³/mol. The van der Waals surface area contributed by atoms with Crippen LogP contribution in [-0.2, 0) is 12.8 Å². The van der Waals surface area contributed by atoms with E-state index < -0.39 is 0 Å². The fraction of sp³-hybridized carbons (Fsp3) is 0.294. The lowest BCUT2D eigenvalue weighted by atomic mass is 10.0. The van der Waals surface area contributed by atoms with E-state index in [2.05, 4.69) is 22.1 Å². The minimum Gasteiger partial charge on any atom is -0.474 e. The highest BCUT2D eigenvalue weighted by molar-refractivity contribution is 7.19. The molecular weight excluding hydrogens is 316 g/mol. The molecule has 0 amide bonds. The van der Waals surface area contributed by atoms with E-state index in [0.717, 1.165) is 41.6 Å². The molecule has 22 heavy (non-hydrogen) atoms. The molecule has 2 aromatic heterocycles. The Bertz CT molecular complexity index is 846. The normalized spacial score (nSPS) is 17.3. The van der Waals surface area contributed by atoms with Crippen molar-refractivity contribution >= 4 is 33.0 Å². The molecule has 1 aliphatic heterocycles. The summed E-state index contributed by atoms with van der Waals surface area (Å²) < 4.78 is 7.34. The third-order valence-electron chi connectivity index (χ3n) is 3.92. The molecule has 0 radical (unpaired) electrons. The van der Waals surface area contributed by atoms with Crippen LogP contribution in [-0.4, -0.2) is 16.1 Å². The van der Waals surface area contributed by atoms with Crippen molar-refractivity contribution in [2.24, 2.45) is 0 Å². The summed E-state index contributed by atoms with van der Waals surface area (Å²) >= 11 is 7.87. The summed E-state index contributed by atoms with van der Waals surface area (Å²) in [5, 5.41) is 1.99. The van der Waals surface area contributed by atoms with Gasteiger partial charge in [0.05, 0.1) is 0 Å².